The Morgan fingerprint density at radius 3 is 3.00 bits per heavy atom. The van der Waals surface area contributed by atoms with Gasteiger partial charge in [0.15, 0.2) is 0 Å². The van der Waals surface area contributed by atoms with Crippen molar-refractivity contribution in [3.05, 3.63) is 50.9 Å². The standard InChI is InChI=1S/C10H10ClN3O/c11-10-4-3-8(9(6-10)7-15)2-1-5-13-14-12/h1-4,6,15H,5,7H2. The third-order valence-electron chi connectivity index (χ3n) is 1.82. The monoisotopic (exact) mass is 223 g/mol. The van der Waals surface area contributed by atoms with Crippen LogP contribution in [0.15, 0.2) is 29.4 Å². The fraction of sp³-hybridized carbons (Fsp3) is 0.200. The van der Waals surface area contributed by atoms with Gasteiger partial charge in [0.05, 0.1) is 6.61 Å². The third-order valence-corrected chi connectivity index (χ3v) is 2.06. The van der Waals surface area contributed by atoms with Gasteiger partial charge in [-0.25, -0.2) is 0 Å². The number of rotatable bonds is 4. The highest BCUT2D eigenvalue weighted by Gasteiger charge is 1.98. The van der Waals surface area contributed by atoms with Gasteiger partial charge in [0, 0.05) is 16.5 Å². The van der Waals surface area contributed by atoms with Crippen LogP contribution in [0.4, 0.5) is 0 Å². The molecule has 1 N–H and O–H groups in total. The molecule has 1 aromatic carbocycles. The van der Waals surface area contributed by atoms with E-state index in [1.165, 1.54) is 0 Å². The predicted octanol–water partition coefficient (Wildman–Crippen LogP) is 3.16. The van der Waals surface area contributed by atoms with Crippen LogP contribution in [0.1, 0.15) is 11.1 Å². The second kappa shape index (κ2) is 6.09. The molecule has 0 amide bonds. The fourth-order valence-corrected chi connectivity index (χ4v) is 1.33. The lowest BCUT2D eigenvalue weighted by Crippen LogP contribution is -1.88. The zero-order valence-corrected chi connectivity index (χ0v) is 8.72. The van der Waals surface area contributed by atoms with Crippen molar-refractivity contribution in [2.75, 3.05) is 6.54 Å². The SMILES string of the molecule is [N-]=[N+]=NCC=Cc1ccc(Cl)cc1CO. The van der Waals surface area contributed by atoms with Gasteiger partial charge in [-0.05, 0) is 28.8 Å². The zero-order valence-electron chi connectivity index (χ0n) is 7.97. The van der Waals surface area contributed by atoms with Crippen LogP contribution in [0, 0.1) is 0 Å². The van der Waals surface area contributed by atoms with E-state index in [1.54, 1.807) is 30.4 Å². The Bertz CT molecular complexity index is 411. The van der Waals surface area contributed by atoms with Crippen LogP contribution < -0.4 is 0 Å². The number of hydrogen-bond donors (Lipinski definition) is 1. The third kappa shape index (κ3) is 3.64. The van der Waals surface area contributed by atoms with Crippen molar-refractivity contribution in [2.45, 2.75) is 6.61 Å². The molecule has 0 saturated carbocycles. The first-order valence-electron chi connectivity index (χ1n) is 4.34. The van der Waals surface area contributed by atoms with Crippen LogP contribution in [0.2, 0.25) is 5.02 Å². The molecule has 0 atom stereocenters. The maximum Gasteiger partial charge on any atom is 0.0688 e. The van der Waals surface area contributed by atoms with Gasteiger partial charge in [-0.2, -0.15) is 0 Å². The van der Waals surface area contributed by atoms with E-state index in [0.29, 0.717) is 11.6 Å². The highest BCUT2D eigenvalue weighted by molar-refractivity contribution is 6.30. The van der Waals surface area contributed by atoms with Gasteiger partial charge >= 0.3 is 0 Å². The first-order chi connectivity index (χ1) is 7.27. The molecule has 0 heterocycles. The number of aliphatic hydroxyl groups excluding tert-OH is 1. The van der Waals surface area contributed by atoms with Crippen molar-refractivity contribution in [3.63, 3.8) is 0 Å². The van der Waals surface area contributed by atoms with Crippen molar-refractivity contribution < 1.29 is 5.11 Å². The summed E-state index contributed by atoms with van der Waals surface area (Å²) in [6, 6.07) is 5.25. The molecular weight excluding hydrogens is 214 g/mol. The molecule has 1 aromatic rings. The maximum atomic E-state index is 9.07. The number of benzene rings is 1. The Morgan fingerprint density at radius 1 is 1.53 bits per heavy atom. The van der Waals surface area contributed by atoms with Crippen LogP contribution in [-0.2, 0) is 6.61 Å². The van der Waals surface area contributed by atoms with Crippen molar-refractivity contribution >= 4 is 17.7 Å². The molecule has 0 unspecified atom stereocenters. The second-order valence-corrected chi connectivity index (χ2v) is 3.25. The van der Waals surface area contributed by atoms with Crippen molar-refractivity contribution in [2.24, 2.45) is 5.11 Å². The molecule has 1 rings (SSSR count). The summed E-state index contributed by atoms with van der Waals surface area (Å²) in [6.07, 6.45) is 3.51. The van der Waals surface area contributed by atoms with Crippen molar-refractivity contribution in [1.29, 1.82) is 0 Å². The van der Waals surface area contributed by atoms with E-state index in [0.717, 1.165) is 11.1 Å². The largest absolute Gasteiger partial charge is 0.392 e. The van der Waals surface area contributed by atoms with Crippen LogP contribution in [0.25, 0.3) is 16.5 Å². The summed E-state index contributed by atoms with van der Waals surface area (Å²) in [5.74, 6) is 0. The molecule has 0 aliphatic carbocycles. The molecule has 0 spiro atoms. The molecule has 4 nitrogen and oxygen atoms in total. The average Bonchev–Trinajstić information content (AvgIpc) is 2.26. The second-order valence-electron chi connectivity index (χ2n) is 2.82. The normalized spacial score (nSPS) is 10.3. The summed E-state index contributed by atoms with van der Waals surface area (Å²) in [7, 11) is 0. The number of nitrogens with zero attached hydrogens (tertiary/aromatic N) is 3. The molecule has 0 aromatic heterocycles. The highest BCUT2D eigenvalue weighted by Crippen LogP contribution is 2.17. The van der Waals surface area contributed by atoms with E-state index in [9.17, 15) is 0 Å². The minimum Gasteiger partial charge on any atom is -0.392 e. The predicted molar refractivity (Wildman–Crippen MR) is 60.4 cm³/mol. The van der Waals surface area contributed by atoms with E-state index in [2.05, 4.69) is 10.0 Å². The van der Waals surface area contributed by atoms with Gasteiger partial charge in [0.1, 0.15) is 0 Å². The Kier molecular flexibility index (Phi) is 4.71. The van der Waals surface area contributed by atoms with Gasteiger partial charge in [0.25, 0.3) is 0 Å². The molecule has 0 radical (unpaired) electrons. The van der Waals surface area contributed by atoms with E-state index in [1.807, 2.05) is 0 Å². The maximum absolute atomic E-state index is 9.07. The van der Waals surface area contributed by atoms with E-state index in [-0.39, 0.29) is 6.61 Å². The zero-order chi connectivity index (χ0) is 11.1. The molecule has 0 aliphatic rings. The summed E-state index contributed by atoms with van der Waals surface area (Å²) in [4.78, 5) is 2.63. The first-order valence-corrected chi connectivity index (χ1v) is 4.72. The van der Waals surface area contributed by atoms with Crippen LogP contribution >= 0.6 is 11.6 Å². The van der Waals surface area contributed by atoms with E-state index >= 15 is 0 Å². The minimum atomic E-state index is -0.0677. The minimum absolute atomic E-state index is 0.0677. The van der Waals surface area contributed by atoms with Gasteiger partial charge in [-0.15, -0.1) is 0 Å². The van der Waals surface area contributed by atoms with Gasteiger partial charge < -0.3 is 5.11 Å². The van der Waals surface area contributed by atoms with Gasteiger partial charge in [-0.3, -0.25) is 0 Å². The molecule has 78 valence electrons. The number of azide groups is 1. The quantitative estimate of drug-likeness (QED) is 0.476. The number of halogens is 1. The molecule has 0 bridgehead atoms. The Morgan fingerprint density at radius 2 is 2.33 bits per heavy atom. The summed E-state index contributed by atoms with van der Waals surface area (Å²) >= 11 is 5.78. The molecule has 5 heteroatoms. The van der Waals surface area contributed by atoms with Gasteiger partial charge in [0.2, 0.25) is 0 Å². The lowest BCUT2D eigenvalue weighted by atomic mass is 10.1. The van der Waals surface area contributed by atoms with Gasteiger partial charge in [-0.1, -0.05) is 34.9 Å². The Hall–Kier alpha value is -1.48. The Labute approximate surface area is 92.4 Å². The van der Waals surface area contributed by atoms with E-state index in [4.69, 9.17) is 22.2 Å². The fourth-order valence-electron chi connectivity index (χ4n) is 1.14. The highest BCUT2D eigenvalue weighted by atomic mass is 35.5. The summed E-state index contributed by atoms with van der Waals surface area (Å²) in [5.41, 5.74) is 9.69. The molecule has 0 saturated heterocycles. The number of aliphatic hydroxyl groups is 1. The van der Waals surface area contributed by atoms with Crippen LogP contribution in [0.3, 0.4) is 0 Å². The first kappa shape index (κ1) is 11.6. The van der Waals surface area contributed by atoms with Crippen molar-refractivity contribution in [3.8, 4) is 0 Å². The lowest BCUT2D eigenvalue weighted by molar-refractivity contribution is 0.281. The average molecular weight is 224 g/mol. The van der Waals surface area contributed by atoms with Crippen molar-refractivity contribution in [1.82, 2.24) is 0 Å². The molecule has 0 aliphatic heterocycles. The summed E-state index contributed by atoms with van der Waals surface area (Å²) < 4.78 is 0. The number of hydrogen-bond acceptors (Lipinski definition) is 2. The topological polar surface area (TPSA) is 69.0 Å². The summed E-state index contributed by atoms with van der Waals surface area (Å²) in [6.45, 7) is 0.228. The lowest BCUT2D eigenvalue weighted by Gasteiger charge is -2.02. The molecular formula is C10H10ClN3O. The van der Waals surface area contributed by atoms with E-state index < -0.39 is 0 Å². The Balaban J connectivity index is 2.84. The smallest absolute Gasteiger partial charge is 0.0688 e. The summed E-state index contributed by atoms with van der Waals surface area (Å²) in [5, 5.41) is 13.0. The molecule has 0 fully saturated rings. The van der Waals surface area contributed by atoms with Crippen LogP contribution in [-0.4, -0.2) is 11.7 Å². The molecule has 15 heavy (non-hydrogen) atoms. The van der Waals surface area contributed by atoms with Crippen LogP contribution in [0.5, 0.6) is 0 Å².